The second-order valence-electron chi connectivity index (χ2n) is 10.8. The average Bonchev–Trinajstić information content (AvgIpc) is 2.96. The molecule has 0 amide bonds. The van der Waals surface area contributed by atoms with Crippen molar-refractivity contribution in [1.82, 2.24) is 0 Å². The van der Waals surface area contributed by atoms with Gasteiger partial charge in [0.1, 0.15) is 5.75 Å². The number of hydrogen-bond acceptors (Lipinski definition) is 4. The largest absolute Gasteiger partial charge is 0.497 e. The molecule has 0 aliphatic carbocycles. The zero-order valence-electron chi connectivity index (χ0n) is 24.6. The van der Waals surface area contributed by atoms with Gasteiger partial charge >= 0.3 is 0 Å². The molecule has 0 N–H and O–H groups in total. The second kappa shape index (κ2) is 19.6. The summed E-state index contributed by atoms with van der Waals surface area (Å²) in [6.45, 7) is 2.27. The molecule has 0 bridgehead atoms. The minimum Gasteiger partial charge on any atom is -0.497 e. The lowest BCUT2D eigenvalue weighted by Gasteiger charge is -2.28. The predicted molar refractivity (Wildman–Crippen MR) is 165 cm³/mol. The van der Waals surface area contributed by atoms with Gasteiger partial charge in [0.05, 0.1) is 24.6 Å². The Labute approximate surface area is 243 Å². The third-order valence-corrected chi connectivity index (χ3v) is 8.29. The Morgan fingerprint density at radius 2 is 1.54 bits per heavy atom. The molecule has 0 aliphatic rings. The molecule has 5 heteroatoms. The molecule has 0 aromatic heterocycles. The Morgan fingerprint density at radius 1 is 0.872 bits per heavy atom. The van der Waals surface area contributed by atoms with E-state index >= 15 is 0 Å². The standard InChI is InChI=1S/C34H50ClN3O/c1-4-5-6-7-8-9-10-11-12-15-25-34(28-36,30-19-16-21-32(27-30)39-3)26-17-20-31(38-37-2)24-23-29-18-13-14-22-33(29)35/h13-14,16,18-19,21-22,27,31H,4-12,15,17,20,23-26H2,1-3H3/b38-37+. The van der Waals surface area contributed by atoms with Crippen LogP contribution in [0.2, 0.25) is 5.02 Å². The molecular formula is C34H50ClN3O. The SMILES string of the molecule is CCCCCCCCCCCCC(C#N)(CCCC(CCc1ccccc1Cl)/N=N/C)c1cccc(OC)c1. The molecule has 0 saturated heterocycles. The lowest BCUT2D eigenvalue weighted by molar-refractivity contribution is 0.392. The summed E-state index contributed by atoms with van der Waals surface area (Å²) in [5, 5.41) is 20.0. The number of methoxy groups -OCH3 is 1. The zero-order chi connectivity index (χ0) is 28.2. The van der Waals surface area contributed by atoms with E-state index in [0.717, 1.165) is 66.8 Å². The van der Waals surface area contributed by atoms with Gasteiger partial charge in [-0.3, -0.25) is 0 Å². The van der Waals surface area contributed by atoms with Gasteiger partial charge in [-0.1, -0.05) is 113 Å². The van der Waals surface area contributed by atoms with Gasteiger partial charge in [-0.25, -0.2) is 0 Å². The highest BCUT2D eigenvalue weighted by atomic mass is 35.5. The summed E-state index contributed by atoms with van der Waals surface area (Å²) in [5.41, 5.74) is 1.72. The third kappa shape index (κ3) is 12.1. The molecule has 2 rings (SSSR count). The molecule has 0 saturated carbocycles. The van der Waals surface area contributed by atoms with Crippen molar-refractivity contribution in [3.05, 3.63) is 64.7 Å². The second-order valence-corrected chi connectivity index (χ2v) is 11.3. The number of unbranched alkanes of at least 4 members (excludes halogenated alkanes) is 9. The van der Waals surface area contributed by atoms with Crippen LogP contribution in [0.25, 0.3) is 0 Å². The van der Waals surface area contributed by atoms with E-state index in [1.165, 1.54) is 57.8 Å². The van der Waals surface area contributed by atoms with Crippen LogP contribution in [-0.2, 0) is 11.8 Å². The summed E-state index contributed by atoms with van der Waals surface area (Å²) in [4.78, 5) is 0. The fourth-order valence-electron chi connectivity index (χ4n) is 5.51. The highest BCUT2D eigenvalue weighted by Gasteiger charge is 2.32. The number of nitriles is 1. The first-order valence-electron chi connectivity index (χ1n) is 15.2. The van der Waals surface area contributed by atoms with Crippen molar-refractivity contribution < 1.29 is 4.74 Å². The van der Waals surface area contributed by atoms with Crippen LogP contribution in [0.5, 0.6) is 5.75 Å². The number of aryl methyl sites for hydroxylation is 1. The first-order valence-corrected chi connectivity index (χ1v) is 15.5. The molecular weight excluding hydrogens is 502 g/mol. The van der Waals surface area contributed by atoms with Gasteiger partial charge in [0.25, 0.3) is 0 Å². The highest BCUT2D eigenvalue weighted by Crippen LogP contribution is 2.37. The fraction of sp³-hybridized carbons (Fsp3) is 0.618. The summed E-state index contributed by atoms with van der Waals surface area (Å²) < 4.78 is 5.51. The van der Waals surface area contributed by atoms with Crippen LogP contribution in [0.4, 0.5) is 0 Å². The molecule has 0 heterocycles. The smallest absolute Gasteiger partial charge is 0.119 e. The van der Waals surface area contributed by atoms with E-state index in [1.54, 1.807) is 14.2 Å². The molecule has 0 fully saturated rings. The van der Waals surface area contributed by atoms with E-state index < -0.39 is 5.41 Å². The minimum atomic E-state index is -0.509. The van der Waals surface area contributed by atoms with Crippen molar-refractivity contribution in [2.24, 2.45) is 10.2 Å². The highest BCUT2D eigenvalue weighted by molar-refractivity contribution is 6.31. The molecule has 0 aliphatic heterocycles. The summed E-state index contributed by atoms with van der Waals surface area (Å²) in [6.07, 6.45) is 18.3. The van der Waals surface area contributed by atoms with Crippen molar-refractivity contribution in [2.75, 3.05) is 14.2 Å². The van der Waals surface area contributed by atoms with Crippen LogP contribution in [0.15, 0.2) is 58.8 Å². The number of hydrogen-bond donors (Lipinski definition) is 0. The summed E-state index contributed by atoms with van der Waals surface area (Å²) in [7, 11) is 3.43. The lowest BCUT2D eigenvalue weighted by Crippen LogP contribution is -2.25. The Hall–Kier alpha value is -2.38. The Morgan fingerprint density at radius 3 is 2.18 bits per heavy atom. The minimum absolute atomic E-state index is 0.130. The molecule has 2 atom stereocenters. The van der Waals surface area contributed by atoms with Crippen molar-refractivity contribution in [3.63, 3.8) is 0 Å². The number of ether oxygens (including phenoxy) is 1. The maximum atomic E-state index is 10.5. The molecule has 2 aromatic rings. The van der Waals surface area contributed by atoms with Gasteiger partial charge in [0, 0.05) is 12.1 Å². The van der Waals surface area contributed by atoms with Gasteiger partial charge < -0.3 is 4.74 Å². The molecule has 2 aromatic carbocycles. The van der Waals surface area contributed by atoms with E-state index in [0.29, 0.717) is 0 Å². The van der Waals surface area contributed by atoms with Crippen LogP contribution in [-0.4, -0.2) is 20.2 Å². The van der Waals surface area contributed by atoms with E-state index in [4.69, 9.17) is 16.3 Å². The van der Waals surface area contributed by atoms with Crippen molar-refractivity contribution >= 4 is 11.6 Å². The molecule has 2 unspecified atom stereocenters. The van der Waals surface area contributed by atoms with Gasteiger partial charge in [-0.05, 0) is 67.9 Å². The quantitative estimate of drug-likeness (QED) is 0.114. The normalized spacial score (nSPS) is 13.7. The summed E-state index contributed by atoms with van der Waals surface area (Å²) >= 11 is 6.37. The number of rotatable bonds is 21. The van der Waals surface area contributed by atoms with Crippen LogP contribution < -0.4 is 4.74 Å². The van der Waals surface area contributed by atoms with Crippen molar-refractivity contribution in [1.29, 1.82) is 5.26 Å². The lowest BCUT2D eigenvalue weighted by atomic mass is 9.73. The summed E-state index contributed by atoms with van der Waals surface area (Å²) in [6, 6.07) is 19.0. The topological polar surface area (TPSA) is 57.7 Å². The third-order valence-electron chi connectivity index (χ3n) is 7.92. The van der Waals surface area contributed by atoms with Crippen LogP contribution in [0.3, 0.4) is 0 Å². The van der Waals surface area contributed by atoms with Gasteiger partial charge in [0.15, 0.2) is 0 Å². The van der Waals surface area contributed by atoms with E-state index in [1.807, 2.05) is 30.3 Å². The summed E-state index contributed by atoms with van der Waals surface area (Å²) in [5.74, 6) is 0.813. The molecule has 4 nitrogen and oxygen atoms in total. The monoisotopic (exact) mass is 551 g/mol. The first kappa shape index (κ1) is 32.8. The van der Waals surface area contributed by atoms with Crippen LogP contribution in [0, 0.1) is 11.3 Å². The Kier molecular flexibility index (Phi) is 16.5. The molecule has 0 spiro atoms. The molecule has 39 heavy (non-hydrogen) atoms. The maximum Gasteiger partial charge on any atom is 0.119 e. The van der Waals surface area contributed by atoms with Gasteiger partial charge in [-0.2, -0.15) is 15.5 Å². The molecule has 0 radical (unpaired) electrons. The fourth-order valence-corrected chi connectivity index (χ4v) is 5.74. The first-order chi connectivity index (χ1) is 19.1. The van der Waals surface area contributed by atoms with Crippen molar-refractivity contribution in [2.45, 2.75) is 121 Å². The van der Waals surface area contributed by atoms with E-state index in [9.17, 15) is 5.26 Å². The Bertz CT molecular complexity index is 1000. The number of halogens is 1. The van der Waals surface area contributed by atoms with Gasteiger partial charge in [-0.15, -0.1) is 0 Å². The van der Waals surface area contributed by atoms with E-state index in [2.05, 4.69) is 41.4 Å². The van der Waals surface area contributed by atoms with Gasteiger partial charge in [0.2, 0.25) is 0 Å². The number of azo groups is 1. The predicted octanol–water partition coefficient (Wildman–Crippen LogP) is 10.7. The zero-order valence-corrected chi connectivity index (χ0v) is 25.4. The van der Waals surface area contributed by atoms with Crippen LogP contribution >= 0.6 is 11.6 Å². The Balaban J connectivity index is 1.96. The number of benzene rings is 2. The van der Waals surface area contributed by atoms with Crippen LogP contribution in [0.1, 0.15) is 114 Å². The maximum absolute atomic E-state index is 10.5. The van der Waals surface area contributed by atoms with E-state index in [-0.39, 0.29) is 6.04 Å². The average molecular weight is 552 g/mol. The molecule has 214 valence electrons. The van der Waals surface area contributed by atoms with Crippen molar-refractivity contribution in [3.8, 4) is 11.8 Å². The number of nitrogens with zero attached hydrogens (tertiary/aromatic N) is 3.